The van der Waals surface area contributed by atoms with Crippen LogP contribution in [0.15, 0.2) is 23.0 Å². The molecule has 3 fully saturated rings. The van der Waals surface area contributed by atoms with Gasteiger partial charge in [0.2, 0.25) is 0 Å². The summed E-state index contributed by atoms with van der Waals surface area (Å²) in [6, 6.07) is 2.09. The van der Waals surface area contributed by atoms with Crippen molar-refractivity contribution in [3.63, 3.8) is 0 Å². The van der Waals surface area contributed by atoms with E-state index < -0.39 is 0 Å². The number of nitrogens with zero attached hydrogens (tertiary/aromatic N) is 2. The molecule has 3 saturated heterocycles. The molecular weight excluding hydrogens is 328 g/mol. The first-order valence-corrected chi connectivity index (χ1v) is 10.3. The van der Waals surface area contributed by atoms with Crippen LogP contribution in [0.25, 0.3) is 0 Å². The minimum Gasteiger partial charge on any atom is -0.472 e. The van der Waals surface area contributed by atoms with Crippen molar-refractivity contribution in [3.8, 4) is 0 Å². The normalized spacial score (nSPS) is 28.1. The number of ether oxygens (including phenoxy) is 2. The van der Waals surface area contributed by atoms with Crippen LogP contribution in [-0.4, -0.2) is 69.5 Å². The lowest BCUT2D eigenvalue weighted by Gasteiger charge is -2.42. The second-order valence-corrected chi connectivity index (χ2v) is 8.67. The number of furan rings is 1. The number of methoxy groups -OCH3 is 1. The van der Waals surface area contributed by atoms with Crippen molar-refractivity contribution < 1.29 is 13.9 Å². The lowest BCUT2D eigenvalue weighted by Crippen LogP contribution is -2.45. The van der Waals surface area contributed by atoms with E-state index in [2.05, 4.69) is 15.9 Å². The highest BCUT2D eigenvalue weighted by Crippen LogP contribution is 2.45. The number of likely N-dealkylation sites (tertiary alicyclic amines) is 2. The fourth-order valence-corrected chi connectivity index (χ4v) is 5.37. The minimum absolute atomic E-state index is 0.452. The molecule has 1 atom stereocenters. The third-order valence-electron chi connectivity index (χ3n) is 6.95. The van der Waals surface area contributed by atoms with Crippen LogP contribution in [0.5, 0.6) is 0 Å². The van der Waals surface area contributed by atoms with Gasteiger partial charge in [0.15, 0.2) is 0 Å². The third-order valence-corrected chi connectivity index (χ3v) is 6.95. The Morgan fingerprint density at radius 1 is 1.19 bits per heavy atom. The van der Waals surface area contributed by atoms with E-state index in [-0.39, 0.29) is 0 Å². The van der Waals surface area contributed by atoms with Crippen molar-refractivity contribution in [2.24, 2.45) is 17.3 Å². The fraction of sp³-hybridized carbons (Fsp3) is 0.810. The molecular formula is C21H34N2O3. The lowest BCUT2D eigenvalue weighted by atomic mass is 9.71. The Kier molecular flexibility index (Phi) is 5.99. The van der Waals surface area contributed by atoms with Crippen molar-refractivity contribution in [1.82, 2.24) is 9.80 Å². The molecule has 0 unspecified atom stereocenters. The van der Waals surface area contributed by atoms with Crippen LogP contribution < -0.4 is 0 Å². The summed E-state index contributed by atoms with van der Waals surface area (Å²) < 4.78 is 16.4. The van der Waals surface area contributed by atoms with E-state index in [1.807, 2.05) is 13.4 Å². The highest BCUT2D eigenvalue weighted by atomic mass is 16.5. The van der Waals surface area contributed by atoms with Gasteiger partial charge in [0.25, 0.3) is 0 Å². The van der Waals surface area contributed by atoms with Crippen LogP contribution in [0.4, 0.5) is 0 Å². The lowest BCUT2D eigenvalue weighted by molar-refractivity contribution is 0.0335. The molecule has 5 heteroatoms. The molecule has 4 heterocycles. The van der Waals surface area contributed by atoms with Gasteiger partial charge in [-0.3, -0.25) is 4.90 Å². The standard InChI is InChI=1S/C21H34N2O3/c1-24-16-20-14-23(12-18-2-9-25-10-3-18)17-21(20)5-7-22(8-6-21)13-19-4-11-26-15-19/h4,11,15,18,20H,2-3,5-10,12-14,16-17H2,1H3/t20-/m1/s1. The van der Waals surface area contributed by atoms with E-state index in [4.69, 9.17) is 13.9 Å². The van der Waals surface area contributed by atoms with Gasteiger partial charge in [-0.2, -0.15) is 0 Å². The van der Waals surface area contributed by atoms with Gasteiger partial charge >= 0.3 is 0 Å². The van der Waals surface area contributed by atoms with Crippen molar-refractivity contribution >= 4 is 0 Å². The molecule has 1 aromatic heterocycles. The van der Waals surface area contributed by atoms with Gasteiger partial charge < -0.3 is 18.8 Å². The quantitative estimate of drug-likeness (QED) is 0.778. The third kappa shape index (κ3) is 4.16. The first-order chi connectivity index (χ1) is 12.8. The van der Waals surface area contributed by atoms with Crippen molar-refractivity contribution in [3.05, 3.63) is 24.2 Å². The highest BCUT2D eigenvalue weighted by molar-refractivity contribution is 5.06. The SMILES string of the molecule is COC[C@H]1CN(CC2CCOCC2)CC12CCN(Cc1ccoc1)CC2. The Labute approximate surface area is 157 Å². The maximum absolute atomic E-state index is 5.63. The van der Waals surface area contributed by atoms with E-state index >= 15 is 0 Å². The number of hydrogen-bond donors (Lipinski definition) is 0. The summed E-state index contributed by atoms with van der Waals surface area (Å²) in [5, 5.41) is 0. The zero-order valence-electron chi connectivity index (χ0n) is 16.2. The average Bonchev–Trinajstić information content (AvgIpc) is 3.27. The van der Waals surface area contributed by atoms with E-state index in [1.165, 1.54) is 64.0 Å². The highest BCUT2D eigenvalue weighted by Gasteiger charge is 2.48. The molecule has 0 aliphatic carbocycles. The average molecular weight is 363 g/mol. The van der Waals surface area contributed by atoms with Gasteiger partial charge in [0.05, 0.1) is 19.1 Å². The van der Waals surface area contributed by atoms with Gasteiger partial charge in [0, 0.05) is 58.0 Å². The molecule has 0 amide bonds. The number of piperidine rings is 1. The summed E-state index contributed by atoms with van der Waals surface area (Å²) in [6.45, 7) is 9.95. The molecule has 26 heavy (non-hydrogen) atoms. The molecule has 3 aliphatic heterocycles. The molecule has 4 rings (SSSR count). The van der Waals surface area contributed by atoms with Crippen molar-refractivity contribution in [1.29, 1.82) is 0 Å². The number of hydrogen-bond acceptors (Lipinski definition) is 5. The zero-order valence-corrected chi connectivity index (χ0v) is 16.2. The van der Waals surface area contributed by atoms with Crippen molar-refractivity contribution in [2.75, 3.05) is 59.7 Å². The van der Waals surface area contributed by atoms with E-state index in [0.29, 0.717) is 11.3 Å². The molecule has 0 radical (unpaired) electrons. The maximum Gasteiger partial charge on any atom is 0.0947 e. The molecule has 0 N–H and O–H groups in total. The predicted octanol–water partition coefficient (Wildman–Crippen LogP) is 2.87. The summed E-state index contributed by atoms with van der Waals surface area (Å²) in [4.78, 5) is 5.33. The largest absolute Gasteiger partial charge is 0.472 e. The first kappa shape index (κ1) is 18.5. The van der Waals surface area contributed by atoms with Crippen LogP contribution in [0.1, 0.15) is 31.2 Å². The van der Waals surface area contributed by atoms with Crippen LogP contribution in [0, 0.1) is 17.3 Å². The summed E-state index contributed by atoms with van der Waals surface area (Å²) in [5.74, 6) is 1.51. The summed E-state index contributed by atoms with van der Waals surface area (Å²) in [6.07, 6.45) is 8.71. The smallest absolute Gasteiger partial charge is 0.0947 e. The van der Waals surface area contributed by atoms with Gasteiger partial charge in [-0.15, -0.1) is 0 Å². The van der Waals surface area contributed by atoms with E-state index in [9.17, 15) is 0 Å². The monoisotopic (exact) mass is 362 g/mol. The second kappa shape index (κ2) is 8.42. The topological polar surface area (TPSA) is 38.1 Å². The van der Waals surface area contributed by atoms with Crippen LogP contribution in [0.2, 0.25) is 0 Å². The Bertz CT molecular complexity index is 533. The van der Waals surface area contributed by atoms with E-state index in [0.717, 1.165) is 32.3 Å². The molecule has 0 bridgehead atoms. The molecule has 3 aliphatic rings. The molecule has 0 saturated carbocycles. The fourth-order valence-electron chi connectivity index (χ4n) is 5.37. The van der Waals surface area contributed by atoms with Crippen LogP contribution in [-0.2, 0) is 16.0 Å². The molecule has 0 aromatic carbocycles. The summed E-state index contributed by atoms with van der Waals surface area (Å²) in [7, 11) is 1.86. The Balaban J connectivity index is 1.34. The Morgan fingerprint density at radius 3 is 2.69 bits per heavy atom. The molecule has 5 nitrogen and oxygen atoms in total. The molecule has 1 aromatic rings. The van der Waals surface area contributed by atoms with Crippen LogP contribution >= 0.6 is 0 Å². The second-order valence-electron chi connectivity index (χ2n) is 8.67. The molecule has 146 valence electrons. The van der Waals surface area contributed by atoms with Crippen molar-refractivity contribution in [2.45, 2.75) is 32.2 Å². The number of rotatable bonds is 6. The maximum atomic E-state index is 5.63. The van der Waals surface area contributed by atoms with Gasteiger partial charge in [-0.1, -0.05) is 0 Å². The first-order valence-electron chi connectivity index (χ1n) is 10.3. The van der Waals surface area contributed by atoms with Gasteiger partial charge in [-0.05, 0) is 56.2 Å². The Morgan fingerprint density at radius 2 is 2.00 bits per heavy atom. The molecule has 1 spiro atoms. The predicted molar refractivity (Wildman–Crippen MR) is 101 cm³/mol. The van der Waals surface area contributed by atoms with Crippen LogP contribution in [0.3, 0.4) is 0 Å². The summed E-state index contributed by atoms with van der Waals surface area (Å²) >= 11 is 0. The van der Waals surface area contributed by atoms with Gasteiger partial charge in [0.1, 0.15) is 0 Å². The zero-order chi connectivity index (χ0) is 17.8. The summed E-state index contributed by atoms with van der Waals surface area (Å²) in [5.41, 5.74) is 1.75. The van der Waals surface area contributed by atoms with Gasteiger partial charge in [-0.25, -0.2) is 0 Å². The van der Waals surface area contributed by atoms with E-state index in [1.54, 1.807) is 6.26 Å². The Hall–Kier alpha value is -0.880. The minimum atomic E-state index is 0.452.